The van der Waals surface area contributed by atoms with Crippen LogP contribution in [0.25, 0.3) is 0 Å². The summed E-state index contributed by atoms with van der Waals surface area (Å²) < 4.78 is 5.26. The maximum atomic E-state index is 11.9. The van der Waals surface area contributed by atoms with E-state index in [2.05, 4.69) is 5.32 Å². The molecular formula is C12H24N2O2. The number of hydrogen-bond donors (Lipinski definition) is 2. The van der Waals surface area contributed by atoms with Crippen LogP contribution < -0.4 is 11.1 Å². The fourth-order valence-electron chi connectivity index (χ4n) is 1.85. The summed E-state index contributed by atoms with van der Waals surface area (Å²) >= 11 is 0. The van der Waals surface area contributed by atoms with Crippen molar-refractivity contribution in [2.75, 3.05) is 20.2 Å². The minimum absolute atomic E-state index is 0.0132. The summed E-state index contributed by atoms with van der Waals surface area (Å²) in [6.07, 6.45) is 4.04. The average Bonchev–Trinajstić information content (AvgIpc) is 3.06. The summed E-state index contributed by atoms with van der Waals surface area (Å²) in [6.45, 7) is 5.22. The van der Waals surface area contributed by atoms with Crippen LogP contribution in [0.15, 0.2) is 0 Å². The molecule has 1 atom stereocenters. The molecule has 1 amide bonds. The van der Waals surface area contributed by atoms with E-state index in [1.165, 1.54) is 12.8 Å². The smallest absolute Gasteiger partial charge is 0.251 e. The monoisotopic (exact) mass is 228 g/mol. The Morgan fingerprint density at radius 1 is 1.56 bits per heavy atom. The predicted octanol–water partition coefficient (Wildman–Crippen LogP) is 1.05. The van der Waals surface area contributed by atoms with E-state index >= 15 is 0 Å². The van der Waals surface area contributed by atoms with Gasteiger partial charge in [0.1, 0.15) is 5.60 Å². The molecule has 0 aromatic rings. The Morgan fingerprint density at radius 3 is 2.56 bits per heavy atom. The molecular weight excluding hydrogens is 204 g/mol. The number of hydrogen-bond acceptors (Lipinski definition) is 3. The van der Waals surface area contributed by atoms with Crippen molar-refractivity contribution in [3.8, 4) is 0 Å². The molecule has 4 heteroatoms. The highest BCUT2D eigenvalue weighted by Gasteiger charge is 2.42. The maximum Gasteiger partial charge on any atom is 0.251 e. The normalized spacial score (nSPS) is 21.2. The molecule has 16 heavy (non-hydrogen) atoms. The molecule has 1 saturated carbocycles. The number of amides is 1. The zero-order chi connectivity index (χ0) is 12.2. The molecule has 0 heterocycles. The fraction of sp³-hybridized carbons (Fsp3) is 0.917. The molecule has 1 fully saturated rings. The molecule has 1 rings (SSSR count). The summed E-state index contributed by atoms with van der Waals surface area (Å²) in [5, 5.41) is 2.99. The Bertz CT molecular complexity index is 245. The molecule has 0 aromatic heterocycles. The molecule has 0 radical (unpaired) electrons. The van der Waals surface area contributed by atoms with E-state index in [0.29, 0.717) is 13.0 Å². The average molecular weight is 228 g/mol. The van der Waals surface area contributed by atoms with Crippen LogP contribution in [0.4, 0.5) is 0 Å². The van der Waals surface area contributed by atoms with E-state index in [9.17, 15) is 4.79 Å². The Morgan fingerprint density at radius 2 is 2.19 bits per heavy atom. The third-order valence-electron chi connectivity index (χ3n) is 3.86. The van der Waals surface area contributed by atoms with E-state index in [1.807, 2.05) is 13.8 Å². The van der Waals surface area contributed by atoms with Gasteiger partial charge in [0, 0.05) is 13.7 Å². The number of carbonyl (C=O) groups is 1. The van der Waals surface area contributed by atoms with Crippen LogP contribution in [0.1, 0.15) is 39.5 Å². The van der Waals surface area contributed by atoms with Crippen molar-refractivity contribution in [3.05, 3.63) is 0 Å². The van der Waals surface area contributed by atoms with E-state index in [-0.39, 0.29) is 11.3 Å². The number of carbonyl (C=O) groups excluding carboxylic acids is 1. The first-order valence-corrected chi connectivity index (χ1v) is 6.05. The number of rotatable bonds is 7. The van der Waals surface area contributed by atoms with Gasteiger partial charge in [-0.05, 0) is 44.6 Å². The highest BCUT2D eigenvalue weighted by atomic mass is 16.5. The van der Waals surface area contributed by atoms with Gasteiger partial charge in [0.15, 0.2) is 0 Å². The fourth-order valence-corrected chi connectivity index (χ4v) is 1.85. The molecule has 4 nitrogen and oxygen atoms in total. The van der Waals surface area contributed by atoms with Crippen LogP contribution in [0.2, 0.25) is 0 Å². The Balaban J connectivity index is 2.40. The molecule has 94 valence electrons. The first-order valence-electron chi connectivity index (χ1n) is 6.05. The molecule has 1 unspecified atom stereocenters. The van der Waals surface area contributed by atoms with Crippen molar-refractivity contribution in [2.24, 2.45) is 11.1 Å². The first-order chi connectivity index (χ1) is 7.52. The van der Waals surface area contributed by atoms with Crippen LogP contribution in [-0.4, -0.2) is 31.7 Å². The minimum atomic E-state index is -0.696. The third-order valence-corrected chi connectivity index (χ3v) is 3.86. The van der Waals surface area contributed by atoms with Crippen molar-refractivity contribution < 1.29 is 9.53 Å². The number of ether oxygens (including phenoxy) is 1. The second-order valence-electron chi connectivity index (χ2n) is 5.01. The Labute approximate surface area is 97.9 Å². The van der Waals surface area contributed by atoms with E-state index < -0.39 is 5.60 Å². The highest BCUT2D eigenvalue weighted by Crippen LogP contribution is 2.47. The van der Waals surface area contributed by atoms with Gasteiger partial charge in [-0.3, -0.25) is 4.79 Å². The largest absolute Gasteiger partial charge is 0.369 e. The standard InChI is InChI=1S/C12H24N2O2/c1-4-11(2,16-3)10(15)14-9-12(5-6-12)7-8-13/h4-9,13H2,1-3H3,(H,14,15). The lowest BCUT2D eigenvalue weighted by atomic mass is 9.99. The molecule has 1 aliphatic carbocycles. The van der Waals surface area contributed by atoms with Gasteiger partial charge in [-0.25, -0.2) is 0 Å². The number of nitrogens with one attached hydrogen (secondary N) is 1. The second-order valence-corrected chi connectivity index (χ2v) is 5.01. The van der Waals surface area contributed by atoms with Crippen LogP contribution >= 0.6 is 0 Å². The zero-order valence-corrected chi connectivity index (χ0v) is 10.6. The Kier molecular flexibility index (Phi) is 4.33. The van der Waals surface area contributed by atoms with Crippen molar-refractivity contribution in [2.45, 2.75) is 45.1 Å². The van der Waals surface area contributed by atoms with Gasteiger partial charge in [-0.15, -0.1) is 0 Å². The van der Waals surface area contributed by atoms with Crippen LogP contribution in [0.5, 0.6) is 0 Å². The van der Waals surface area contributed by atoms with Crippen molar-refractivity contribution in [1.29, 1.82) is 0 Å². The van der Waals surface area contributed by atoms with Gasteiger partial charge in [-0.2, -0.15) is 0 Å². The zero-order valence-electron chi connectivity index (χ0n) is 10.6. The maximum absolute atomic E-state index is 11.9. The number of methoxy groups -OCH3 is 1. The second kappa shape index (κ2) is 5.15. The summed E-state index contributed by atoms with van der Waals surface area (Å²) in [4.78, 5) is 11.9. The van der Waals surface area contributed by atoms with Gasteiger partial charge >= 0.3 is 0 Å². The molecule has 0 spiro atoms. The van der Waals surface area contributed by atoms with E-state index in [0.717, 1.165) is 13.0 Å². The molecule has 0 saturated heterocycles. The van der Waals surface area contributed by atoms with Crippen LogP contribution in [0.3, 0.4) is 0 Å². The van der Waals surface area contributed by atoms with Crippen LogP contribution in [-0.2, 0) is 9.53 Å². The number of nitrogens with two attached hydrogens (primary N) is 1. The van der Waals surface area contributed by atoms with Crippen LogP contribution in [0, 0.1) is 5.41 Å². The summed E-state index contributed by atoms with van der Waals surface area (Å²) in [5.41, 5.74) is 5.15. The van der Waals surface area contributed by atoms with Crippen molar-refractivity contribution in [1.82, 2.24) is 5.32 Å². The van der Waals surface area contributed by atoms with Gasteiger partial charge in [0.2, 0.25) is 0 Å². The molecule has 0 aromatic carbocycles. The lowest BCUT2D eigenvalue weighted by molar-refractivity contribution is -0.142. The molecule has 0 aliphatic heterocycles. The van der Waals surface area contributed by atoms with Gasteiger partial charge < -0.3 is 15.8 Å². The summed E-state index contributed by atoms with van der Waals surface area (Å²) in [6, 6.07) is 0. The molecule has 0 bridgehead atoms. The van der Waals surface area contributed by atoms with Gasteiger partial charge in [0.05, 0.1) is 0 Å². The van der Waals surface area contributed by atoms with E-state index in [4.69, 9.17) is 10.5 Å². The summed E-state index contributed by atoms with van der Waals surface area (Å²) in [7, 11) is 1.58. The third kappa shape index (κ3) is 2.95. The van der Waals surface area contributed by atoms with Crippen molar-refractivity contribution in [3.63, 3.8) is 0 Å². The molecule has 1 aliphatic rings. The topological polar surface area (TPSA) is 64.3 Å². The minimum Gasteiger partial charge on any atom is -0.369 e. The summed E-state index contributed by atoms with van der Waals surface area (Å²) in [5.74, 6) is -0.0132. The molecule has 3 N–H and O–H groups in total. The van der Waals surface area contributed by atoms with Gasteiger partial charge in [0.25, 0.3) is 5.91 Å². The van der Waals surface area contributed by atoms with Crippen molar-refractivity contribution >= 4 is 5.91 Å². The first kappa shape index (κ1) is 13.5. The lowest BCUT2D eigenvalue weighted by Gasteiger charge is -2.26. The lowest BCUT2D eigenvalue weighted by Crippen LogP contribution is -2.47. The quantitative estimate of drug-likeness (QED) is 0.684. The van der Waals surface area contributed by atoms with Gasteiger partial charge in [-0.1, -0.05) is 6.92 Å². The predicted molar refractivity (Wildman–Crippen MR) is 64.1 cm³/mol. The Hall–Kier alpha value is -0.610. The van der Waals surface area contributed by atoms with E-state index in [1.54, 1.807) is 7.11 Å². The highest BCUT2D eigenvalue weighted by molar-refractivity contribution is 5.84. The SMILES string of the molecule is CCC(C)(OC)C(=O)NCC1(CCN)CC1.